The van der Waals surface area contributed by atoms with Gasteiger partial charge in [-0.25, -0.2) is 4.98 Å². The summed E-state index contributed by atoms with van der Waals surface area (Å²) in [5, 5.41) is 0. The summed E-state index contributed by atoms with van der Waals surface area (Å²) in [4.78, 5) is 19.9. The number of aromatic amines is 1. The minimum atomic E-state index is -0.653. The van der Waals surface area contributed by atoms with Crippen molar-refractivity contribution in [1.29, 1.82) is 0 Å². The van der Waals surface area contributed by atoms with Crippen molar-refractivity contribution < 1.29 is 9.53 Å². The van der Waals surface area contributed by atoms with Gasteiger partial charge >= 0.3 is 5.97 Å². The Bertz CT molecular complexity index is 886. The summed E-state index contributed by atoms with van der Waals surface area (Å²) in [6.07, 6.45) is 54.0. The second kappa shape index (κ2) is 34.5. The SMILES string of the molecule is CCCCCC=CCC=CCCCCCCCCC(CCCCCCCCC=CCC=CCCCCC)OC(=O)C(N)Cc1cnc[nH]1. The Morgan fingerprint density at radius 2 is 1.06 bits per heavy atom. The Hall–Kier alpha value is -2.40. The van der Waals surface area contributed by atoms with Gasteiger partial charge in [-0.1, -0.05) is 140 Å². The van der Waals surface area contributed by atoms with Crippen LogP contribution in [-0.2, 0) is 16.0 Å². The van der Waals surface area contributed by atoms with E-state index in [0.29, 0.717) is 6.42 Å². The summed E-state index contributed by atoms with van der Waals surface area (Å²) < 4.78 is 5.99. The van der Waals surface area contributed by atoms with Crippen LogP contribution < -0.4 is 5.73 Å². The lowest BCUT2D eigenvalue weighted by Gasteiger charge is -2.20. The Labute approximate surface area is 296 Å². The lowest BCUT2D eigenvalue weighted by atomic mass is 10.0. The number of nitrogens with zero attached hydrogens (tertiary/aromatic N) is 1. The zero-order valence-electron chi connectivity index (χ0n) is 31.4. The number of ether oxygens (including phenoxy) is 1. The van der Waals surface area contributed by atoms with Crippen LogP contribution in [0.4, 0.5) is 0 Å². The molecule has 1 atom stereocenters. The summed E-state index contributed by atoms with van der Waals surface area (Å²) in [6, 6.07) is -0.653. The minimum absolute atomic E-state index is 0.0259. The van der Waals surface area contributed by atoms with E-state index in [2.05, 4.69) is 72.4 Å². The molecular formula is C43H75N3O2. The van der Waals surface area contributed by atoms with Crippen LogP contribution in [0.1, 0.15) is 186 Å². The summed E-state index contributed by atoms with van der Waals surface area (Å²) in [7, 11) is 0. The van der Waals surface area contributed by atoms with Crippen molar-refractivity contribution in [1.82, 2.24) is 9.97 Å². The number of aromatic nitrogens is 2. The normalized spacial score (nSPS) is 13.5. The second-order valence-corrected chi connectivity index (χ2v) is 13.7. The van der Waals surface area contributed by atoms with E-state index < -0.39 is 6.04 Å². The fraction of sp³-hybridized carbons (Fsp3) is 0.721. The molecule has 0 aliphatic rings. The minimum Gasteiger partial charge on any atom is -0.461 e. The van der Waals surface area contributed by atoms with Gasteiger partial charge in [-0.05, 0) is 89.9 Å². The Morgan fingerprint density at radius 1 is 0.646 bits per heavy atom. The maximum atomic E-state index is 12.8. The maximum Gasteiger partial charge on any atom is 0.323 e. The van der Waals surface area contributed by atoms with Crippen LogP contribution in [0.25, 0.3) is 0 Å². The van der Waals surface area contributed by atoms with Gasteiger partial charge < -0.3 is 15.5 Å². The monoisotopic (exact) mass is 666 g/mol. The van der Waals surface area contributed by atoms with Crippen molar-refractivity contribution in [3.8, 4) is 0 Å². The molecule has 0 fully saturated rings. The van der Waals surface area contributed by atoms with Gasteiger partial charge in [0.1, 0.15) is 12.1 Å². The van der Waals surface area contributed by atoms with Crippen LogP contribution in [0.5, 0.6) is 0 Å². The number of nitrogens with one attached hydrogen (secondary N) is 1. The molecule has 0 aromatic carbocycles. The summed E-state index contributed by atoms with van der Waals surface area (Å²) >= 11 is 0. The number of unbranched alkanes of at least 4 members (excludes halogenated alkanes) is 18. The highest BCUT2D eigenvalue weighted by Gasteiger charge is 2.21. The van der Waals surface area contributed by atoms with Crippen molar-refractivity contribution in [3.63, 3.8) is 0 Å². The predicted octanol–water partition coefficient (Wildman–Crippen LogP) is 12.6. The van der Waals surface area contributed by atoms with Crippen molar-refractivity contribution >= 4 is 5.97 Å². The molecule has 274 valence electrons. The molecule has 0 aliphatic heterocycles. The molecule has 5 heteroatoms. The Balaban J connectivity index is 2.21. The first-order valence-corrected chi connectivity index (χ1v) is 20.2. The average Bonchev–Trinajstić information content (AvgIpc) is 3.60. The molecule has 0 bridgehead atoms. The molecule has 1 unspecified atom stereocenters. The van der Waals surface area contributed by atoms with Crippen molar-refractivity contribution in [2.24, 2.45) is 5.73 Å². The van der Waals surface area contributed by atoms with Gasteiger partial charge in [0.05, 0.1) is 6.33 Å². The standard InChI is InChI=1S/C43H75N3O2/c1-3-5-7-9-11-13-15-17-19-21-23-25-27-29-31-33-35-41(48-43(47)42(44)37-40-38-45-39-46-40)36-34-32-30-28-26-24-22-20-18-16-14-12-10-8-6-4-2/h11-14,17-20,38-39,41-42H,3-10,15-16,21-37,44H2,1-2H3,(H,45,46). The van der Waals surface area contributed by atoms with E-state index >= 15 is 0 Å². The first kappa shape index (κ1) is 43.6. The number of hydrogen-bond acceptors (Lipinski definition) is 4. The second-order valence-electron chi connectivity index (χ2n) is 13.7. The Morgan fingerprint density at radius 3 is 1.48 bits per heavy atom. The Kier molecular flexibility index (Phi) is 31.3. The molecule has 0 amide bonds. The van der Waals surface area contributed by atoms with E-state index in [1.807, 2.05) is 0 Å². The third-order valence-corrected chi connectivity index (χ3v) is 9.03. The molecular weight excluding hydrogens is 590 g/mol. The molecule has 3 N–H and O–H groups in total. The summed E-state index contributed by atoms with van der Waals surface area (Å²) in [6.45, 7) is 4.51. The summed E-state index contributed by atoms with van der Waals surface area (Å²) in [5.74, 6) is -0.283. The van der Waals surface area contributed by atoms with E-state index in [4.69, 9.17) is 10.5 Å². The van der Waals surface area contributed by atoms with Gasteiger partial charge in [-0.15, -0.1) is 0 Å². The number of carbonyl (C=O) groups is 1. The van der Waals surface area contributed by atoms with Gasteiger partial charge in [0.15, 0.2) is 0 Å². The van der Waals surface area contributed by atoms with Crippen LogP contribution in [0.2, 0.25) is 0 Å². The number of carbonyl (C=O) groups excluding carboxylic acids is 1. The number of H-pyrrole nitrogens is 1. The summed E-state index contributed by atoms with van der Waals surface area (Å²) in [5.41, 5.74) is 7.07. The smallest absolute Gasteiger partial charge is 0.323 e. The third kappa shape index (κ3) is 28.6. The number of nitrogens with two attached hydrogens (primary N) is 1. The van der Waals surface area contributed by atoms with Crippen LogP contribution in [-0.4, -0.2) is 28.1 Å². The zero-order chi connectivity index (χ0) is 34.6. The van der Waals surface area contributed by atoms with Gasteiger partial charge in [-0.2, -0.15) is 0 Å². The lowest BCUT2D eigenvalue weighted by Crippen LogP contribution is -2.37. The van der Waals surface area contributed by atoms with Gasteiger partial charge in [-0.3, -0.25) is 4.79 Å². The number of esters is 1. The quantitative estimate of drug-likeness (QED) is 0.0436. The molecule has 0 saturated heterocycles. The van der Waals surface area contributed by atoms with E-state index in [1.165, 1.54) is 128 Å². The molecule has 0 radical (unpaired) electrons. The molecule has 0 spiro atoms. The van der Waals surface area contributed by atoms with Gasteiger partial charge in [0, 0.05) is 18.3 Å². The fourth-order valence-electron chi connectivity index (χ4n) is 5.95. The predicted molar refractivity (Wildman–Crippen MR) is 208 cm³/mol. The highest BCUT2D eigenvalue weighted by atomic mass is 16.5. The number of hydrogen-bond donors (Lipinski definition) is 2. The van der Waals surface area contributed by atoms with Crippen LogP contribution in [0.3, 0.4) is 0 Å². The molecule has 0 aliphatic carbocycles. The zero-order valence-corrected chi connectivity index (χ0v) is 31.4. The van der Waals surface area contributed by atoms with Gasteiger partial charge in [0.2, 0.25) is 0 Å². The lowest BCUT2D eigenvalue weighted by molar-refractivity contribution is -0.151. The molecule has 5 nitrogen and oxygen atoms in total. The van der Waals surface area contributed by atoms with Crippen LogP contribution in [0.15, 0.2) is 61.1 Å². The van der Waals surface area contributed by atoms with Crippen molar-refractivity contribution in [3.05, 3.63) is 66.8 Å². The van der Waals surface area contributed by atoms with Crippen molar-refractivity contribution in [2.75, 3.05) is 0 Å². The average molecular weight is 666 g/mol. The molecule has 0 saturated carbocycles. The van der Waals surface area contributed by atoms with Crippen LogP contribution >= 0.6 is 0 Å². The van der Waals surface area contributed by atoms with Crippen LogP contribution in [0, 0.1) is 0 Å². The maximum absolute atomic E-state index is 12.8. The molecule has 48 heavy (non-hydrogen) atoms. The highest BCUT2D eigenvalue weighted by Crippen LogP contribution is 2.18. The highest BCUT2D eigenvalue weighted by molar-refractivity contribution is 5.76. The number of imidazole rings is 1. The third-order valence-electron chi connectivity index (χ3n) is 9.03. The van der Waals surface area contributed by atoms with E-state index in [-0.39, 0.29) is 12.1 Å². The topological polar surface area (TPSA) is 81.0 Å². The molecule has 1 aromatic heterocycles. The van der Waals surface area contributed by atoms with Gasteiger partial charge in [0.25, 0.3) is 0 Å². The molecule has 1 rings (SSSR count). The number of allylic oxidation sites excluding steroid dienone is 8. The number of rotatable bonds is 34. The van der Waals surface area contributed by atoms with E-state index in [0.717, 1.165) is 44.2 Å². The first-order chi connectivity index (χ1) is 23.7. The first-order valence-electron chi connectivity index (χ1n) is 20.2. The van der Waals surface area contributed by atoms with E-state index in [1.54, 1.807) is 12.5 Å². The fourth-order valence-corrected chi connectivity index (χ4v) is 5.95. The molecule has 1 aromatic rings. The van der Waals surface area contributed by atoms with E-state index in [9.17, 15) is 4.79 Å². The largest absolute Gasteiger partial charge is 0.461 e. The van der Waals surface area contributed by atoms with Crippen molar-refractivity contribution in [2.45, 2.75) is 199 Å². The molecule has 1 heterocycles.